The molecule has 0 radical (unpaired) electrons. The summed E-state index contributed by atoms with van der Waals surface area (Å²) < 4.78 is 0. The SMILES string of the molecule is Cc1nccc(N(C)C(N)=O)n1. The lowest BCUT2D eigenvalue weighted by molar-refractivity contribution is 0.255. The van der Waals surface area contributed by atoms with Crippen LogP contribution in [0.4, 0.5) is 10.6 Å². The van der Waals surface area contributed by atoms with Gasteiger partial charge in [0, 0.05) is 13.2 Å². The normalized spacial score (nSPS) is 9.50. The van der Waals surface area contributed by atoms with Gasteiger partial charge in [0.25, 0.3) is 0 Å². The van der Waals surface area contributed by atoms with Crippen LogP contribution in [0.3, 0.4) is 0 Å². The van der Waals surface area contributed by atoms with Gasteiger partial charge in [-0.1, -0.05) is 0 Å². The lowest BCUT2D eigenvalue weighted by Crippen LogP contribution is -2.32. The Morgan fingerprint density at radius 3 is 2.83 bits per heavy atom. The van der Waals surface area contributed by atoms with Gasteiger partial charge in [-0.3, -0.25) is 4.90 Å². The minimum absolute atomic E-state index is 0.509. The van der Waals surface area contributed by atoms with Crippen LogP contribution in [-0.2, 0) is 0 Å². The Balaban J connectivity index is 2.95. The van der Waals surface area contributed by atoms with E-state index in [1.807, 2.05) is 0 Å². The first-order chi connectivity index (χ1) is 5.61. The van der Waals surface area contributed by atoms with Crippen LogP contribution in [0.25, 0.3) is 0 Å². The van der Waals surface area contributed by atoms with E-state index in [9.17, 15) is 4.79 Å². The summed E-state index contributed by atoms with van der Waals surface area (Å²) in [5, 5.41) is 0. The van der Waals surface area contributed by atoms with Crippen molar-refractivity contribution in [2.75, 3.05) is 11.9 Å². The molecular formula is C7H10N4O. The molecule has 0 aliphatic carbocycles. The van der Waals surface area contributed by atoms with Crippen LogP contribution in [0.1, 0.15) is 5.82 Å². The molecule has 0 atom stereocenters. The van der Waals surface area contributed by atoms with Crippen LogP contribution in [0.15, 0.2) is 12.3 Å². The maximum atomic E-state index is 10.7. The summed E-state index contributed by atoms with van der Waals surface area (Å²) in [4.78, 5) is 19.9. The number of amides is 2. The van der Waals surface area contributed by atoms with Crippen LogP contribution in [-0.4, -0.2) is 23.0 Å². The van der Waals surface area contributed by atoms with Gasteiger partial charge in [0.1, 0.15) is 11.6 Å². The maximum Gasteiger partial charge on any atom is 0.320 e. The number of rotatable bonds is 1. The van der Waals surface area contributed by atoms with Crippen LogP contribution in [0, 0.1) is 6.92 Å². The molecule has 5 heteroatoms. The molecule has 12 heavy (non-hydrogen) atoms. The third-order valence-electron chi connectivity index (χ3n) is 1.44. The molecule has 2 N–H and O–H groups in total. The van der Waals surface area contributed by atoms with Gasteiger partial charge in [0.05, 0.1) is 0 Å². The molecule has 1 aromatic heterocycles. The van der Waals surface area contributed by atoms with Crippen molar-refractivity contribution in [2.45, 2.75) is 6.92 Å². The van der Waals surface area contributed by atoms with Crippen molar-refractivity contribution in [1.29, 1.82) is 0 Å². The van der Waals surface area contributed by atoms with E-state index in [1.165, 1.54) is 4.90 Å². The topological polar surface area (TPSA) is 72.1 Å². The Hall–Kier alpha value is -1.65. The molecule has 0 aliphatic heterocycles. The highest BCUT2D eigenvalue weighted by Crippen LogP contribution is 2.05. The second kappa shape index (κ2) is 3.17. The van der Waals surface area contributed by atoms with Crippen molar-refractivity contribution in [3.8, 4) is 0 Å². The molecule has 0 bridgehead atoms. The van der Waals surface area contributed by atoms with E-state index in [0.717, 1.165) is 0 Å². The van der Waals surface area contributed by atoms with Gasteiger partial charge in [-0.15, -0.1) is 0 Å². The zero-order valence-electron chi connectivity index (χ0n) is 6.98. The Morgan fingerprint density at radius 2 is 2.33 bits per heavy atom. The maximum absolute atomic E-state index is 10.7. The number of hydrogen-bond acceptors (Lipinski definition) is 3. The second-order valence-corrected chi connectivity index (χ2v) is 2.36. The van der Waals surface area contributed by atoms with Gasteiger partial charge >= 0.3 is 6.03 Å². The zero-order chi connectivity index (χ0) is 9.14. The summed E-state index contributed by atoms with van der Waals surface area (Å²) in [7, 11) is 1.56. The zero-order valence-corrected chi connectivity index (χ0v) is 6.98. The molecule has 5 nitrogen and oxygen atoms in total. The number of nitrogens with zero attached hydrogens (tertiary/aromatic N) is 3. The van der Waals surface area contributed by atoms with Gasteiger partial charge in [-0.25, -0.2) is 14.8 Å². The quantitative estimate of drug-likeness (QED) is 0.652. The van der Waals surface area contributed by atoms with Crippen LogP contribution < -0.4 is 10.6 Å². The molecule has 0 spiro atoms. The number of primary amides is 1. The van der Waals surface area contributed by atoms with Crippen molar-refractivity contribution in [3.63, 3.8) is 0 Å². The van der Waals surface area contributed by atoms with E-state index >= 15 is 0 Å². The van der Waals surface area contributed by atoms with Crippen molar-refractivity contribution in [3.05, 3.63) is 18.1 Å². The molecule has 1 heterocycles. The fraction of sp³-hybridized carbons (Fsp3) is 0.286. The fourth-order valence-corrected chi connectivity index (χ4v) is 0.743. The summed E-state index contributed by atoms with van der Waals surface area (Å²) in [6, 6.07) is 1.09. The molecule has 1 rings (SSSR count). The average molecular weight is 166 g/mol. The number of hydrogen-bond donors (Lipinski definition) is 1. The Labute approximate surface area is 70.2 Å². The van der Waals surface area contributed by atoms with Crippen molar-refractivity contribution < 1.29 is 4.79 Å². The van der Waals surface area contributed by atoms with E-state index < -0.39 is 6.03 Å². The van der Waals surface area contributed by atoms with Crippen molar-refractivity contribution in [2.24, 2.45) is 5.73 Å². The highest BCUT2D eigenvalue weighted by atomic mass is 16.2. The molecule has 0 unspecified atom stereocenters. The predicted molar refractivity (Wildman–Crippen MR) is 44.8 cm³/mol. The van der Waals surface area contributed by atoms with Crippen LogP contribution >= 0.6 is 0 Å². The van der Waals surface area contributed by atoms with Gasteiger partial charge in [-0.05, 0) is 13.0 Å². The van der Waals surface area contributed by atoms with E-state index in [0.29, 0.717) is 11.6 Å². The Morgan fingerprint density at radius 1 is 1.67 bits per heavy atom. The van der Waals surface area contributed by atoms with Gasteiger partial charge in [-0.2, -0.15) is 0 Å². The minimum atomic E-state index is -0.534. The van der Waals surface area contributed by atoms with E-state index in [1.54, 1.807) is 26.2 Å². The second-order valence-electron chi connectivity index (χ2n) is 2.36. The molecular weight excluding hydrogens is 156 g/mol. The monoisotopic (exact) mass is 166 g/mol. The van der Waals surface area contributed by atoms with Crippen LogP contribution in [0.2, 0.25) is 0 Å². The van der Waals surface area contributed by atoms with E-state index in [4.69, 9.17) is 5.73 Å². The van der Waals surface area contributed by atoms with Crippen molar-refractivity contribution in [1.82, 2.24) is 9.97 Å². The number of anilines is 1. The summed E-state index contributed by atoms with van der Waals surface area (Å²) in [6.07, 6.45) is 1.58. The number of carbonyl (C=O) groups is 1. The Kier molecular flexibility index (Phi) is 2.23. The van der Waals surface area contributed by atoms with Gasteiger partial charge < -0.3 is 5.73 Å². The lowest BCUT2D eigenvalue weighted by atomic mass is 10.5. The van der Waals surface area contributed by atoms with Crippen LogP contribution in [0.5, 0.6) is 0 Å². The predicted octanol–water partition coefficient (Wildman–Crippen LogP) is 0.300. The highest BCUT2D eigenvalue weighted by molar-refractivity contribution is 5.88. The smallest absolute Gasteiger partial charge is 0.320 e. The summed E-state index contributed by atoms with van der Waals surface area (Å²) >= 11 is 0. The largest absolute Gasteiger partial charge is 0.351 e. The molecule has 64 valence electrons. The van der Waals surface area contributed by atoms with E-state index in [2.05, 4.69) is 9.97 Å². The number of urea groups is 1. The fourth-order valence-electron chi connectivity index (χ4n) is 0.743. The Bertz CT molecular complexity index is 299. The number of aromatic nitrogens is 2. The first-order valence-corrected chi connectivity index (χ1v) is 3.44. The van der Waals surface area contributed by atoms with Crippen molar-refractivity contribution >= 4 is 11.8 Å². The molecule has 0 fully saturated rings. The summed E-state index contributed by atoms with van der Waals surface area (Å²) in [5.74, 6) is 1.12. The van der Waals surface area contributed by atoms with Gasteiger partial charge in [0.15, 0.2) is 0 Å². The first-order valence-electron chi connectivity index (χ1n) is 3.44. The molecule has 0 saturated carbocycles. The number of carbonyl (C=O) groups excluding carboxylic acids is 1. The summed E-state index contributed by atoms with van der Waals surface area (Å²) in [6.45, 7) is 1.75. The third-order valence-corrected chi connectivity index (χ3v) is 1.44. The molecule has 2 amide bonds. The molecule has 0 aliphatic rings. The first kappa shape index (κ1) is 8.45. The third kappa shape index (κ3) is 1.69. The van der Waals surface area contributed by atoms with E-state index in [-0.39, 0.29) is 0 Å². The van der Waals surface area contributed by atoms with Gasteiger partial charge in [0.2, 0.25) is 0 Å². The molecule has 1 aromatic rings. The molecule has 0 aromatic carbocycles. The highest BCUT2D eigenvalue weighted by Gasteiger charge is 2.06. The minimum Gasteiger partial charge on any atom is -0.351 e. The lowest BCUT2D eigenvalue weighted by Gasteiger charge is -2.12. The summed E-state index contributed by atoms with van der Waals surface area (Å²) in [5.41, 5.74) is 5.04. The number of nitrogens with two attached hydrogens (primary N) is 1. The molecule has 0 saturated heterocycles. The average Bonchev–Trinajstić information content (AvgIpc) is 2.03. The number of aryl methyl sites for hydroxylation is 1. The standard InChI is InChI=1S/C7H10N4O/c1-5-9-4-3-6(10-5)11(2)7(8)12/h3-4H,1-2H3,(H2,8,12).